The van der Waals surface area contributed by atoms with E-state index in [1.807, 2.05) is 48.5 Å². The monoisotopic (exact) mass is 469 g/mol. The Balaban J connectivity index is 1.92. The third-order valence-corrected chi connectivity index (χ3v) is 6.48. The summed E-state index contributed by atoms with van der Waals surface area (Å²) in [6.07, 6.45) is 1.27. The Hall–Kier alpha value is -2.41. The van der Waals surface area contributed by atoms with Gasteiger partial charge in [-0.2, -0.15) is 0 Å². The van der Waals surface area contributed by atoms with Crippen molar-refractivity contribution in [2.75, 3.05) is 30.5 Å². The van der Waals surface area contributed by atoms with E-state index in [2.05, 4.69) is 29.4 Å². The fourth-order valence-electron chi connectivity index (χ4n) is 4.52. The van der Waals surface area contributed by atoms with Crippen LogP contribution in [-0.2, 0) is 9.53 Å². The number of anilines is 2. The molecule has 0 radical (unpaired) electrons. The van der Waals surface area contributed by atoms with Crippen molar-refractivity contribution in [3.8, 4) is 0 Å². The van der Waals surface area contributed by atoms with Gasteiger partial charge in [-0.15, -0.1) is 0 Å². The van der Waals surface area contributed by atoms with Crippen LogP contribution >= 0.6 is 23.8 Å². The average molecular weight is 470 g/mol. The maximum absolute atomic E-state index is 13.6. The summed E-state index contributed by atoms with van der Waals surface area (Å²) in [6.45, 7) is 5.38. The third kappa shape index (κ3) is 4.53. The van der Waals surface area contributed by atoms with Crippen molar-refractivity contribution in [3.05, 3.63) is 70.4 Å². The molecule has 168 valence electrons. The molecule has 0 bridgehead atoms. The number of para-hydroxylation sites is 2. The van der Waals surface area contributed by atoms with Crippen LogP contribution in [-0.4, -0.2) is 31.2 Å². The summed E-state index contributed by atoms with van der Waals surface area (Å²) in [5.74, 6) is 0.140. The van der Waals surface area contributed by atoms with Crippen molar-refractivity contribution in [2.24, 2.45) is 5.41 Å². The molecule has 7 heteroatoms. The zero-order valence-corrected chi connectivity index (χ0v) is 20.1. The molecule has 1 atom stereocenters. The van der Waals surface area contributed by atoms with E-state index < -0.39 is 0 Å². The first-order chi connectivity index (χ1) is 15.3. The van der Waals surface area contributed by atoms with Gasteiger partial charge in [-0.05, 0) is 53.9 Å². The van der Waals surface area contributed by atoms with E-state index in [1.54, 1.807) is 7.11 Å². The average Bonchev–Trinajstić information content (AvgIpc) is 2.88. The Labute approximate surface area is 199 Å². The number of halogens is 1. The van der Waals surface area contributed by atoms with Gasteiger partial charge >= 0.3 is 0 Å². The Morgan fingerprint density at radius 2 is 1.94 bits per heavy atom. The molecule has 0 amide bonds. The Kier molecular flexibility index (Phi) is 6.56. The molecule has 32 heavy (non-hydrogen) atoms. The van der Waals surface area contributed by atoms with Crippen molar-refractivity contribution in [1.29, 1.82) is 0 Å². The Morgan fingerprint density at radius 3 is 2.66 bits per heavy atom. The van der Waals surface area contributed by atoms with Crippen molar-refractivity contribution < 1.29 is 9.53 Å². The molecule has 1 aliphatic heterocycles. The van der Waals surface area contributed by atoms with Gasteiger partial charge in [0, 0.05) is 36.4 Å². The van der Waals surface area contributed by atoms with Gasteiger partial charge in [-0.3, -0.25) is 4.79 Å². The fourth-order valence-corrected chi connectivity index (χ4v) is 4.95. The highest BCUT2D eigenvalue weighted by molar-refractivity contribution is 7.80. The lowest BCUT2D eigenvalue weighted by atomic mass is 9.73. The van der Waals surface area contributed by atoms with Crippen molar-refractivity contribution >= 4 is 46.1 Å². The summed E-state index contributed by atoms with van der Waals surface area (Å²) in [4.78, 5) is 15.6. The van der Waals surface area contributed by atoms with Crippen LogP contribution in [0.5, 0.6) is 0 Å². The minimum atomic E-state index is -0.371. The van der Waals surface area contributed by atoms with Crippen LogP contribution in [0, 0.1) is 5.41 Å². The molecule has 2 aliphatic rings. The van der Waals surface area contributed by atoms with E-state index in [1.165, 1.54) is 0 Å². The van der Waals surface area contributed by atoms with Gasteiger partial charge in [0.15, 0.2) is 10.9 Å². The number of fused-ring (bicyclic) bond motifs is 1. The highest BCUT2D eigenvalue weighted by atomic mass is 35.5. The van der Waals surface area contributed by atoms with Gasteiger partial charge in [0.1, 0.15) is 0 Å². The summed E-state index contributed by atoms with van der Waals surface area (Å²) in [5, 5.41) is 8.09. The molecular weight excluding hydrogens is 442 g/mol. The largest absolute Gasteiger partial charge is 0.383 e. The summed E-state index contributed by atoms with van der Waals surface area (Å²) >= 11 is 12.1. The summed E-state index contributed by atoms with van der Waals surface area (Å²) in [6, 6.07) is 15.3. The second-order valence-corrected chi connectivity index (χ2v) is 9.85. The van der Waals surface area contributed by atoms with E-state index in [9.17, 15) is 4.79 Å². The maximum atomic E-state index is 13.6. The number of allylic oxidation sites excluding steroid dienone is 1. The van der Waals surface area contributed by atoms with Crippen LogP contribution in [0.2, 0.25) is 5.02 Å². The van der Waals surface area contributed by atoms with Crippen molar-refractivity contribution in [3.63, 3.8) is 0 Å². The molecule has 1 aliphatic carbocycles. The zero-order valence-electron chi connectivity index (χ0n) is 18.6. The van der Waals surface area contributed by atoms with Gasteiger partial charge in [0.05, 0.1) is 24.0 Å². The van der Waals surface area contributed by atoms with Crippen LogP contribution < -0.4 is 15.5 Å². The molecule has 2 aromatic rings. The highest BCUT2D eigenvalue weighted by Crippen LogP contribution is 2.48. The Morgan fingerprint density at radius 1 is 1.22 bits per heavy atom. The number of nitrogens with zero attached hydrogens (tertiary/aromatic N) is 1. The number of hydrogen-bond donors (Lipinski definition) is 2. The SMILES string of the molecule is COCCNC(=S)N1c2ccccc2NC2=C(C(=O)CC(C)(C)C2)[C@H]1c1ccc(Cl)cc1. The van der Waals surface area contributed by atoms with Gasteiger partial charge in [0.2, 0.25) is 0 Å². The molecule has 0 saturated heterocycles. The van der Waals surface area contributed by atoms with Crippen LogP contribution in [0.1, 0.15) is 38.3 Å². The predicted molar refractivity (Wildman–Crippen MR) is 134 cm³/mol. The zero-order chi connectivity index (χ0) is 22.9. The number of hydrogen-bond acceptors (Lipinski definition) is 4. The smallest absolute Gasteiger partial charge is 0.174 e. The number of ketones is 1. The summed E-state index contributed by atoms with van der Waals surface area (Å²) in [7, 11) is 1.66. The first-order valence-electron chi connectivity index (χ1n) is 10.7. The number of ether oxygens (including phenoxy) is 1. The molecule has 4 rings (SSSR count). The number of benzene rings is 2. The van der Waals surface area contributed by atoms with E-state index in [0.717, 1.165) is 34.6 Å². The topological polar surface area (TPSA) is 53.6 Å². The van der Waals surface area contributed by atoms with Crippen LogP contribution in [0.15, 0.2) is 59.8 Å². The lowest BCUT2D eigenvalue weighted by Gasteiger charge is -2.38. The minimum Gasteiger partial charge on any atom is -0.383 e. The first-order valence-corrected chi connectivity index (χ1v) is 11.5. The number of methoxy groups -OCH3 is 1. The summed E-state index contributed by atoms with van der Waals surface area (Å²) < 4.78 is 5.19. The molecule has 0 spiro atoms. The van der Waals surface area contributed by atoms with Crippen molar-refractivity contribution in [1.82, 2.24) is 5.32 Å². The minimum absolute atomic E-state index is 0.116. The van der Waals surface area contributed by atoms with Gasteiger partial charge in [-0.1, -0.05) is 49.7 Å². The predicted octanol–water partition coefficient (Wildman–Crippen LogP) is 5.48. The number of nitrogens with one attached hydrogen (secondary N) is 2. The molecular formula is C25H28ClN3O2S. The maximum Gasteiger partial charge on any atom is 0.174 e. The normalized spacial score (nSPS) is 19.6. The number of carbonyl (C=O) groups is 1. The highest BCUT2D eigenvalue weighted by Gasteiger charge is 2.42. The molecule has 2 N–H and O–H groups in total. The van der Waals surface area contributed by atoms with Gasteiger partial charge in [0.25, 0.3) is 0 Å². The van der Waals surface area contributed by atoms with Crippen LogP contribution in [0.4, 0.5) is 11.4 Å². The van der Waals surface area contributed by atoms with E-state index in [-0.39, 0.29) is 17.2 Å². The third-order valence-electron chi connectivity index (χ3n) is 5.89. The lowest BCUT2D eigenvalue weighted by molar-refractivity contribution is -0.118. The van der Waals surface area contributed by atoms with Crippen molar-refractivity contribution in [2.45, 2.75) is 32.7 Å². The molecule has 0 unspecified atom stereocenters. The first kappa shape index (κ1) is 22.8. The standard InChI is InChI=1S/C25H28ClN3O2S/c1-25(2)14-19-22(21(30)15-25)23(16-8-10-17(26)11-9-16)29(24(32)27-12-13-31-3)20-7-5-4-6-18(20)28-19/h4-11,23,28H,12-15H2,1-3H3,(H,27,32)/t23-/m1/s1. The molecule has 1 heterocycles. The number of Topliss-reactive ketones (excluding diaryl/α,β-unsaturated/α-hetero) is 1. The Bertz CT molecular complexity index is 1070. The molecule has 0 saturated carbocycles. The molecule has 0 fully saturated rings. The second-order valence-electron chi connectivity index (χ2n) is 9.02. The van der Waals surface area contributed by atoms with E-state index in [4.69, 9.17) is 28.6 Å². The summed E-state index contributed by atoms with van der Waals surface area (Å²) in [5.41, 5.74) is 4.42. The quantitative estimate of drug-likeness (QED) is 0.457. The lowest BCUT2D eigenvalue weighted by Crippen LogP contribution is -2.45. The van der Waals surface area contributed by atoms with Crippen LogP contribution in [0.25, 0.3) is 0 Å². The number of thiocarbonyl (C=S) groups is 1. The van der Waals surface area contributed by atoms with Gasteiger partial charge in [-0.25, -0.2) is 0 Å². The number of carbonyl (C=O) groups excluding carboxylic acids is 1. The molecule has 5 nitrogen and oxygen atoms in total. The fraction of sp³-hybridized carbons (Fsp3) is 0.360. The van der Waals surface area contributed by atoms with Gasteiger partial charge < -0.3 is 20.3 Å². The van der Waals surface area contributed by atoms with Crippen LogP contribution in [0.3, 0.4) is 0 Å². The second kappa shape index (κ2) is 9.22. The number of rotatable bonds is 4. The molecule has 2 aromatic carbocycles. The molecule has 0 aromatic heterocycles. The van der Waals surface area contributed by atoms with E-state index >= 15 is 0 Å². The van der Waals surface area contributed by atoms with E-state index in [0.29, 0.717) is 29.7 Å².